The van der Waals surface area contributed by atoms with Gasteiger partial charge in [0.25, 0.3) is 0 Å². The molecule has 0 aromatic rings. The molecule has 0 spiro atoms. The van der Waals surface area contributed by atoms with Gasteiger partial charge >= 0.3 is 0 Å². The number of nitrogens with one attached hydrogen (secondary N) is 2. The van der Waals surface area contributed by atoms with Gasteiger partial charge in [0.05, 0.1) is 0 Å². The zero-order valence-corrected chi connectivity index (χ0v) is 7.31. The second-order valence-electron chi connectivity index (χ2n) is 3.90. The third-order valence-electron chi connectivity index (χ3n) is 3.02. The predicted molar refractivity (Wildman–Crippen MR) is 46.3 cm³/mol. The van der Waals surface area contributed by atoms with Crippen LogP contribution in [0.5, 0.6) is 0 Å². The smallest absolute Gasteiger partial charge is 0.235 e. The Kier molecular flexibility index (Phi) is 2.30. The number of rotatable bonds is 1. The van der Waals surface area contributed by atoms with Gasteiger partial charge in [0, 0.05) is 12.5 Å². The van der Waals surface area contributed by atoms with Gasteiger partial charge in [0.1, 0.15) is 0 Å². The third kappa shape index (κ3) is 1.61. The van der Waals surface area contributed by atoms with Crippen LogP contribution in [0.25, 0.3) is 0 Å². The first kappa shape index (κ1) is 8.05. The molecule has 68 valence electrons. The molecule has 1 saturated heterocycles. The molecule has 1 heterocycles. The molecule has 2 aliphatic rings. The summed E-state index contributed by atoms with van der Waals surface area (Å²) in [5.41, 5.74) is 5.75. The molecular formula is C9H16N2O. The van der Waals surface area contributed by atoms with Crippen LogP contribution < -0.4 is 10.9 Å². The van der Waals surface area contributed by atoms with E-state index in [2.05, 4.69) is 10.9 Å². The van der Waals surface area contributed by atoms with E-state index in [0.717, 1.165) is 5.92 Å². The third-order valence-corrected chi connectivity index (χ3v) is 3.02. The highest BCUT2D eigenvalue weighted by Gasteiger charge is 2.29. The minimum Gasteiger partial charge on any atom is -0.291 e. The van der Waals surface area contributed by atoms with Crippen LogP contribution in [0.2, 0.25) is 0 Å². The summed E-state index contributed by atoms with van der Waals surface area (Å²) in [6, 6.07) is 0.415. The fourth-order valence-corrected chi connectivity index (χ4v) is 2.30. The summed E-state index contributed by atoms with van der Waals surface area (Å²) in [6.45, 7) is 0. The maximum atomic E-state index is 10.9. The highest BCUT2D eigenvalue weighted by molar-refractivity contribution is 5.78. The molecule has 0 aromatic heterocycles. The van der Waals surface area contributed by atoms with Gasteiger partial charge in [-0.25, -0.2) is 5.43 Å². The van der Waals surface area contributed by atoms with Crippen molar-refractivity contribution in [2.24, 2.45) is 5.92 Å². The van der Waals surface area contributed by atoms with E-state index < -0.39 is 0 Å². The van der Waals surface area contributed by atoms with Crippen LogP contribution in [0, 0.1) is 5.92 Å². The van der Waals surface area contributed by atoms with Gasteiger partial charge in [-0.05, 0) is 18.8 Å². The van der Waals surface area contributed by atoms with E-state index in [9.17, 15) is 4.79 Å². The maximum absolute atomic E-state index is 10.9. The number of hydrogen-bond donors (Lipinski definition) is 2. The Labute approximate surface area is 72.9 Å². The van der Waals surface area contributed by atoms with Crippen molar-refractivity contribution in [1.82, 2.24) is 10.9 Å². The highest BCUT2D eigenvalue weighted by Crippen LogP contribution is 2.28. The summed E-state index contributed by atoms with van der Waals surface area (Å²) in [4.78, 5) is 10.9. The molecule has 1 aliphatic heterocycles. The van der Waals surface area contributed by atoms with E-state index in [-0.39, 0.29) is 5.91 Å². The normalized spacial score (nSPS) is 32.0. The lowest BCUT2D eigenvalue weighted by Gasteiger charge is -2.26. The van der Waals surface area contributed by atoms with E-state index in [4.69, 9.17) is 0 Å². The van der Waals surface area contributed by atoms with Crippen molar-refractivity contribution < 1.29 is 4.79 Å². The molecule has 12 heavy (non-hydrogen) atoms. The monoisotopic (exact) mass is 168 g/mol. The average Bonchev–Trinajstić information content (AvgIpc) is 2.54. The summed E-state index contributed by atoms with van der Waals surface area (Å²) in [5, 5.41) is 0. The Morgan fingerprint density at radius 3 is 2.50 bits per heavy atom. The summed E-state index contributed by atoms with van der Waals surface area (Å²) in [5.74, 6) is 0.892. The number of carbonyl (C=O) groups excluding carboxylic acids is 1. The van der Waals surface area contributed by atoms with Crippen LogP contribution in [-0.4, -0.2) is 11.9 Å². The lowest BCUT2D eigenvalue weighted by molar-refractivity contribution is -0.119. The molecule has 0 bridgehead atoms. The van der Waals surface area contributed by atoms with Gasteiger partial charge < -0.3 is 0 Å². The zero-order valence-electron chi connectivity index (χ0n) is 7.31. The summed E-state index contributed by atoms with van der Waals surface area (Å²) in [7, 11) is 0. The standard InChI is InChI=1S/C9H16N2O/c12-9-6-8(10-11-9)7-4-2-1-3-5-7/h7-8,10H,1-6H2,(H,11,12). The average molecular weight is 168 g/mol. The van der Waals surface area contributed by atoms with Gasteiger partial charge in [0.2, 0.25) is 5.91 Å². The van der Waals surface area contributed by atoms with E-state index >= 15 is 0 Å². The maximum Gasteiger partial charge on any atom is 0.235 e. The largest absolute Gasteiger partial charge is 0.291 e. The van der Waals surface area contributed by atoms with Crippen molar-refractivity contribution >= 4 is 5.91 Å². The van der Waals surface area contributed by atoms with Crippen molar-refractivity contribution in [3.63, 3.8) is 0 Å². The van der Waals surface area contributed by atoms with Gasteiger partial charge in [-0.1, -0.05) is 19.3 Å². The number of carbonyl (C=O) groups is 1. The fourth-order valence-electron chi connectivity index (χ4n) is 2.30. The van der Waals surface area contributed by atoms with E-state index in [1.165, 1.54) is 32.1 Å². The molecule has 2 fully saturated rings. The molecule has 1 saturated carbocycles. The minimum atomic E-state index is 0.158. The predicted octanol–water partition coefficient (Wildman–Crippen LogP) is 0.960. The Morgan fingerprint density at radius 1 is 1.17 bits per heavy atom. The summed E-state index contributed by atoms with van der Waals surface area (Å²) >= 11 is 0. The number of amides is 1. The first-order valence-corrected chi connectivity index (χ1v) is 4.90. The zero-order chi connectivity index (χ0) is 8.39. The SMILES string of the molecule is O=C1CC(C2CCCCC2)NN1. The molecule has 2 rings (SSSR count). The molecular weight excluding hydrogens is 152 g/mol. The second kappa shape index (κ2) is 3.44. The van der Waals surface area contributed by atoms with Crippen LogP contribution in [0.4, 0.5) is 0 Å². The van der Waals surface area contributed by atoms with Crippen LogP contribution in [0.15, 0.2) is 0 Å². The molecule has 0 aromatic carbocycles. The molecule has 1 aliphatic carbocycles. The Balaban J connectivity index is 1.86. The molecule has 3 nitrogen and oxygen atoms in total. The summed E-state index contributed by atoms with van der Waals surface area (Å²) in [6.07, 6.45) is 7.35. The Morgan fingerprint density at radius 2 is 1.92 bits per heavy atom. The topological polar surface area (TPSA) is 41.1 Å². The van der Waals surface area contributed by atoms with Crippen molar-refractivity contribution in [2.45, 2.75) is 44.6 Å². The Hall–Kier alpha value is -0.570. The van der Waals surface area contributed by atoms with Crippen molar-refractivity contribution in [1.29, 1.82) is 0 Å². The summed E-state index contributed by atoms with van der Waals surface area (Å²) < 4.78 is 0. The highest BCUT2D eigenvalue weighted by atomic mass is 16.2. The van der Waals surface area contributed by atoms with Gasteiger partial charge in [-0.2, -0.15) is 0 Å². The minimum absolute atomic E-state index is 0.158. The van der Waals surface area contributed by atoms with E-state index in [1.807, 2.05) is 0 Å². The fraction of sp³-hybridized carbons (Fsp3) is 0.889. The van der Waals surface area contributed by atoms with Gasteiger partial charge in [-0.3, -0.25) is 10.2 Å². The number of hydrazine groups is 1. The van der Waals surface area contributed by atoms with Crippen molar-refractivity contribution in [2.75, 3.05) is 0 Å². The number of hydrogen-bond acceptors (Lipinski definition) is 2. The quantitative estimate of drug-likeness (QED) is 0.612. The molecule has 2 N–H and O–H groups in total. The van der Waals surface area contributed by atoms with Gasteiger partial charge in [0.15, 0.2) is 0 Å². The van der Waals surface area contributed by atoms with E-state index in [0.29, 0.717) is 12.5 Å². The molecule has 1 atom stereocenters. The molecule has 1 unspecified atom stereocenters. The molecule has 3 heteroatoms. The first-order chi connectivity index (χ1) is 5.86. The van der Waals surface area contributed by atoms with Crippen LogP contribution in [0.1, 0.15) is 38.5 Å². The van der Waals surface area contributed by atoms with Gasteiger partial charge in [-0.15, -0.1) is 0 Å². The van der Waals surface area contributed by atoms with Crippen LogP contribution in [-0.2, 0) is 4.79 Å². The van der Waals surface area contributed by atoms with Crippen molar-refractivity contribution in [3.8, 4) is 0 Å². The lowest BCUT2D eigenvalue weighted by Crippen LogP contribution is -2.37. The lowest BCUT2D eigenvalue weighted by atomic mass is 9.83. The second-order valence-corrected chi connectivity index (χ2v) is 3.90. The van der Waals surface area contributed by atoms with E-state index in [1.54, 1.807) is 0 Å². The molecule has 1 amide bonds. The Bertz CT molecular complexity index is 175. The molecule has 0 radical (unpaired) electrons. The van der Waals surface area contributed by atoms with Crippen LogP contribution in [0.3, 0.4) is 0 Å². The van der Waals surface area contributed by atoms with Crippen LogP contribution >= 0.6 is 0 Å². The van der Waals surface area contributed by atoms with Crippen molar-refractivity contribution in [3.05, 3.63) is 0 Å². The first-order valence-electron chi connectivity index (χ1n) is 4.90.